The summed E-state index contributed by atoms with van der Waals surface area (Å²) in [5.41, 5.74) is 0.381. The van der Waals surface area contributed by atoms with Crippen LogP contribution in [0, 0.1) is 5.92 Å². The van der Waals surface area contributed by atoms with E-state index in [1.165, 1.54) is 38.8 Å². The summed E-state index contributed by atoms with van der Waals surface area (Å²) in [7, 11) is 0. The summed E-state index contributed by atoms with van der Waals surface area (Å²) in [6.45, 7) is 11.9. The van der Waals surface area contributed by atoms with Crippen molar-refractivity contribution in [1.29, 1.82) is 0 Å². The van der Waals surface area contributed by atoms with Gasteiger partial charge in [-0.1, -0.05) is 0 Å². The van der Waals surface area contributed by atoms with E-state index >= 15 is 0 Å². The average Bonchev–Trinajstić information content (AvgIpc) is 2.73. The van der Waals surface area contributed by atoms with Crippen LogP contribution in [-0.2, 0) is 0 Å². The van der Waals surface area contributed by atoms with E-state index in [9.17, 15) is 0 Å². The predicted octanol–water partition coefficient (Wildman–Crippen LogP) is 2.64. The topological polar surface area (TPSA) is 15.3 Å². The fourth-order valence-corrected chi connectivity index (χ4v) is 3.63. The zero-order valence-electron chi connectivity index (χ0n) is 11.4. The van der Waals surface area contributed by atoms with Crippen molar-refractivity contribution in [3.05, 3.63) is 0 Å². The maximum Gasteiger partial charge on any atom is 0.0128 e. The van der Waals surface area contributed by atoms with Crippen molar-refractivity contribution in [2.24, 2.45) is 5.92 Å². The molecular formula is C14H28N2. The zero-order valence-corrected chi connectivity index (χ0v) is 11.4. The summed E-state index contributed by atoms with van der Waals surface area (Å²) in [5.74, 6) is 0.902. The Labute approximate surface area is 101 Å². The van der Waals surface area contributed by atoms with Crippen molar-refractivity contribution in [3.63, 3.8) is 0 Å². The molecule has 0 aromatic carbocycles. The van der Waals surface area contributed by atoms with E-state index in [1.54, 1.807) is 0 Å². The van der Waals surface area contributed by atoms with Gasteiger partial charge in [-0.05, 0) is 72.4 Å². The van der Waals surface area contributed by atoms with E-state index in [1.807, 2.05) is 0 Å². The number of nitrogens with one attached hydrogen (secondary N) is 1. The highest BCUT2D eigenvalue weighted by Gasteiger charge is 2.34. The van der Waals surface area contributed by atoms with E-state index in [4.69, 9.17) is 0 Å². The first-order chi connectivity index (χ1) is 7.48. The van der Waals surface area contributed by atoms with Crippen LogP contribution < -0.4 is 5.32 Å². The molecule has 2 saturated heterocycles. The van der Waals surface area contributed by atoms with Crippen LogP contribution in [0.1, 0.15) is 53.4 Å². The average molecular weight is 224 g/mol. The number of likely N-dealkylation sites (tertiary alicyclic amines) is 1. The molecule has 0 spiro atoms. The number of rotatable bonds is 3. The first-order valence-corrected chi connectivity index (χ1v) is 6.99. The Morgan fingerprint density at radius 2 is 2.12 bits per heavy atom. The second-order valence-corrected chi connectivity index (χ2v) is 6.70. The monoisotopic (exact) mass is 224 g/mol. The summed E-state index contributed by atoms with van der Waals surface area (Å²) in [6, 6.07) is 1.59. The standard InChI is InChI=1S/C14H28N2/c1-11(2)16-7-5-6-13(16)8-12-9-14(3,4)15-10-12/h11-13,15H,5-10H2,1-4H3. The van der Waals surface area contributed by atoms with Gasteiger partial charge in [0.05, 0.1) is 0 Å². The molecule has 0 aromatic rings. The van der Waals surface area contributed by atoms with Gasteiger partial charge < -0.3 is 5.32 Å². The number of hydrogen-bond acceptors (Lipinski definition) is 2. The molecule has 0 aliphatic carbocycles. The number of nitrogens with zero attached hydrogens (tertiary/aromatic N) is 1. The highest BCUT2D eigenvalue weighted by Crippen LogP contribution is 2.31. The molecule has 1 N–H and O–H groups in total. The summed E-state index contributed by atoms with van der Waals surface area (Å²) in [6.07, 6.45) is 5.60. The van der Waals surface area contributed by atoms with Crippen molar-refractivity contribution in [2.75, 3.05) is 13.1 Å². The Morgan fingerprint density at radius 1 is 1.38 bits per heavy atom. The van der Waals surface area contributed by atoms with Crippen LogP contribution in [0.4, 0.5) is 0 Å². The second-order valence-electron chi connectivity index (χ2n) is 6.70. The Kier molecular flexibility index (Phi) is 3.60. The molecule has 0 aromatic heterocycles. The molecule has 0 amide bonds. The lowest BCUT2D eigenvalue weighted by atomic mass is 9.91. The van der Waals surface area contributed by atoms with Gasteiger partial charge in [-0.25, -0.2) is 0 Å². The van der Waals surface area contributed by atoms with Gasteiger partial charge in [0, 0.05) is 17.6 Å². The SMILES string of the molecule is CC(C)N1CCCC1CC1CNC(C)(C)C1. The predicted molar refractivity (Wildman–Crippen MR) is 69.7 cm³/mol. The van der Waals surface area contributed by atoms with Crippen LogP contribution >= 0.6 is 0 Å². The van der Waals surface area contributed by atoms with Gasteiger partial charge in [0.15, 0.2) is 0 Å². The minimum Gasteiger partial charge on any atom is -0.312 e. The van der Waals surface area contributed by atoms with Crippen LogP contribution in [0.15, 0.2) is 0 Å². The summed E-state index contributed by atoms with van der Waals surface area (Å²) >= 11 is 0. The molecule has 2 atom stereocenters. The molecule has 2 rings (SSSR count). The lowest BCUT2D eigenvalue weighted by Gasteiger charge is -2.30. The van der Waals surface area contributed by atoms with E-state index in [2.05, 4.69) is 37.9 Å². The van der Waals surface area contributed by atoms with Gasteiger partial charge in [0.25, 0.3) is 0 Å². The third kappa shape index (κ3) is 2.78. The van der Waals surface area contributed by atoms with E-state index in [-0.39, 0.29) is 0 Å². The summed E-state index contributed by atoms with van der Waals surface area (Å²) in [5, 5.41) is 3.65. The van der Waals surface area contributed by atoms with Crippen LogP contribution in [0.3, 0.4) is 0 Å². The normalized spacial score (nSPS) is 35.1. The van der Waals surface area contributed by atoms with Gasteiger partial charge in [-0.15, -0.1) is 0 Å². The fraction of sp³-hybridized carbons (Fsp3) is 1.00. The Balaban J connectivity index is 1.85. The molecule has 2 nitrogen and oxygen atoms in total. The third-order valence-electron chi connectivity index (χ3n) is 4.36. The van der Waals surface area contributed by atoms with Gasteiger partial charge >= 0.3 is 0 Å². The molecule has 94 valence electrons. The summed E-state index contributed by atoms with van der Waals surface area (Å²) < 4.78 is 0. The zero-order chi connectivity index (χ0) is 11.8. The highest BCUT2D eigenvalue weighted by molar-refractivity contribution is 4.92. The van der Waals surface area contributed by atoms with Crippen LogP contribution in [-0.4, -0.2) is 35.6 Å². The molecule has 2 heteroatoms. The maximum atomic E-state index is 3.65. The van der Waals surface area contributed by atoms with E-state index in [0.717, 1.165) is 18.0 Å². The maximum absolute atomic E-state index is 3.65. The van der Waals surface area contributed by atoms with Gasteiger partial charge in [0.2, 0.25) is 0 Å². The number of hydrogen-bond donors (Lipinski definition) is 1. The van der Waals surface area contributed by atoms with E-state index < -0.39 is 0 Å². The van der Waals surface area contributed by atoms with Crippen LogP contribution in [0.2, 0.25) is 0 Å². The van der Waals surface area contributed by atoms with Crippen LogP contribution in [0.25, 0.3) is 0 Å². The summed E-state index contributed by atoms with van der Waals surface area (Å²) in [4.78, 5) is 2.71. The van der Waals surface area contributed by atoms with Crippen LogP contribution in [0.5, 0.6) is 0 Å². The van der Waals surface area contributed by atoms with E-state index in [0.29, 0.717) is 5.54 Å². The van der Waals surface area contributed by atoms with Gasteiger partial charge in [-0.2, -0.15) is 0 Å². The molecule has 2 heterocycles. The molecule has 0 saturated carbocycles. The Bertz CT molecular complexity index is 235. The molecule has 2 fully saturated rings. The van der Waals surface area contributed by atoms with Gasteiger partial charge in [-0.3, -0.25) is 4.90 Å². The lowest BCUT2D eigenvalue weighted by molar-refractivity contribution is 0.178. The Morgan fingerprint density at radius 3 is 2.69 bits per heavy atom. The molecular weight excluding hydrogens is 196 g/mol. The molecule has 2 aliphatic rings. The lowest BCUT2D eigenvalue weighted by Crippen LogP contribution is -2.36. The van der Waals surface area contributed by atoms with Crippen molar-refractivity contribution in [3.8, 4) is 0 Å². The largest absolute Gasteiger partial charge is 0.312 e. The van der Waals surface area contributed by atoms with Gasteiger partial charge in [0.1, 0.15) is 0 Å². The molecule has 2 unspecified atom stereocenters. The first kappa shape index (κ1) is 12.4. The minimum absolute atomic E-state index is 0.381. The second kappa shape index (κ2) is 4.66. The molecule has 16 heavy (non-hydrogen) atoms. The molecule has 0 radical (unpaired) electrons. The minimum atomic E-state index is 0.381. The van der Waals surface area contributed by atoms with Crippen molar-refractivity contribution in [2.45, 2.75) is 71.0 Å². The first-order valence-electron chi connectivity index (χ1n) is 6.99. The smallest absolute Gasteiger partial charge is 0.0128 e. The molecule has 0 bridgehead atoms. The van der Waals surface area contributed by atoms with Crippen molar-refractivity contribution in [1.82, 2.24) is 10.2 Å². The Hall–Kier alpha value is -0.0800. The van der Waals surface area contributed by atoms with Crippen molar-refractivity contribution >= 4 is 0 Å². The van der Waals surface area contributed by atoms with Crippen molar-refractivity contribution < 1.29 is 0 Å². The quantitative estimate of drug-likeness (QED) is 0.793. The fourth-order valence-electron chi connectivity index (χ4n) is 3.63. The third-order valence-corrected chi connectivity index (χ3v) is 4.36. The highest BCUT2D eigenvalue weighted by atomic mass is 15.2. The molecule has 2 aliphatic heterocycles.